The first-order valence-corrected chi connectivity index (χ1v) is 12.0. The summed E-state index contributed by atoms with van der Waals surface area (Å²) in [6.45, 7) is 6.97. The summed E-state index contributed by atoms with van der Waals surface area (Å²) in [6.07, 6.45) is 0.586. The number of nitrogens with zero attached hydrogens (tertiary/aromatic N) is 2. The van der Waals surface area contributed by atoms with Crippen LogP contribution in [0.5, 0.6) is 11.5 Å². The minimum Gasteiger partial charge on any atom is -0.496 e. The Morgan fingerprint density at radius 1 is 1.25 bits per heavy atom. The minimum atomic E-state index is -1.08. The largest absolute Gasteiger partial charge is 0.496 e. The number of carboxylic acids is 1. The van der Waals surface area contributed by atoms with E-state index in [1.807, 2.05) is 26.8 Å². The van der Waals surface area contributed by atoms with E-state index in [0.717, 1.165) is 5.56 Å². The van der Waals surface area contributed by atoms with Crippen LogP contribution in [-0.4, -0.2) is 77.2 Å². The fourth-order valence-electron chi connectivity index (χ4n) is 5.29. The smallest absolute Gasteiger partial charge is 0.410 e. The molecule has 1 fully saturated rings. The molecule has 11 nitrogen and oxygen atoms in total. The third-order valence-electron chi connectivity index (χ3n) is 7.14. The number of piperidine rings is 1. The highest BCUT2D eigenvalue weighted by Gasteiger charge is 2.49. The number of carboxylic acid groups (broad SMARTS) is 1. The van der Waals surface area contributed by atoms with Crippen LogP contribution in [0, 0.1) is 0 Å². The minimum absolute atomic E-state index is 0.0705. The number of nitrogens with two attached hydrogens (primary N) is 1. The van der Waals surface area contributed by atoms with Crippen molar-refractivity contribution in [2.75, 3.05) is 26.8 Å². The second kappa shape index (κ2) is 9.18. The molecule has 11 heteroatoms. The number of ether oxygens (including phenoxy) is 3. The van der Waals surface area contributed by atoms with Crippen molar-refractivity contribution in [3.63, 3.8) is 0 Å². The number of hydrogen-bond donors (Lipinski definition) is 2. The molecule has 0 bridgehead atoms. The first kappa shape index (κ1) is 25.6. The average molecular weight is 504 g/mol. The van der Waals surface area contributed by atoms with E-state index < -0.39 is 29.4 Å². The highest BCUT2D eigenvalue weighted by atomic mass is 16.6. The number of hydrogen-bond acceptors (Lipinski definition) is 7. The summed E-state index contributed by atoms with van der Waals surface area (Å²) < 4.78 is 17.3. The molecule has 1 aromatic carbocycles. The lowest BCUT2D eigenvalue weighted by Crippen LogP contribution is -2.47. The van der Waals surface area contributed by atoms with Crippen LogP contribution in [0.2, 0.25) is 0 Å². The van der Waals surface area contributed by atoms with Crippen LogP contribution < -0.4 is 15.2 Å². The van der Waals surface area contributed by atoms with Crippen molar-refractivity contribution >= 4 is 23.9 Å². The zero-order valence-electron chi connectivity index (χ0n) is 21.1. The summed E-state index contributed by atoms with van der Waals surface area (Å²) in [5, 5.41) is 9.06. The fraction of sp³-hybridized carbons (Fsp3) is 0.600. The zero-order valence-corrected chi connectivity index (χ0v) is 21.1. The number of carbonyl (C=O) groups excluding carboxylic acids is 3. The third kappa shape index (κ3) is 4.54. The maximum Gasteiger partial charge on any atom is 0.410 e. The molecular weight excluding hydrogens is 470 g/mol. The predicted molar refractivity (Wildman–Crippen MR) is 127 cm³/mol. The number of benzene rings is 1. The lowest BCUT2D eigenvalue weighted by Gasteiger charge is -2.39. The zero-order chi connectivity index (χ0) is 26.4. The molecule has 3 aliphatic rings. The topological polar surface area (TPSA) is 149 Å². The molecule has 3 amide bonds. The molecule has 1 spiro atoms. The molecule has 0 unspecified atom stereocenters. The fourth-order valence-corrected chi connectivity index (χ4v) is 5.29. The monoisotopic (exact) mass is 503 g/mol. The second-order valence-corrected chi connectivity index (χ2v) is 10.6. The number of rotatable bonds is 6. The van der Waals surface area contributed by atoms with Crippen molar-refractivity contribution in [3.05, 3.63) is 22.8 Å². The Morgan fingerprint density at radius 3 is 2.47 bits per heavy atom. The van der Waals surface area contributed by atoms with Crippen molar-refractivity contribution in [1.82, 2.24) is 9.80 Å². The Hall–Kier alpha value is -3.50. The quantitative estimate of drug-likeness (QED) is 0.599. The number of methoxy groups -OCH3 is 1. The van der Waals surface area contributed by atoms with Gasteiger partial charge in [-0.1, -0.05) is 0 Å². The van der Waals surface area contributed by atoms with Crippen LogP contribution in [0.25, 0.3) is 0 Å². The van der Waals surface area contributed by atoms with E-state index in [1.54, 1.807) is 4.90 Å². The van der Waals surface area contributed by atoms with E-state index in [0.29, 0.717) is 55.2 Å². The van der Waals surface area contributed by atoms with Gasteiger partial charge < -0.3 is 34.9 Å². The molecule has 196 valence electrons. The summed E-state index contributed by atoms with van der Waals surface area (Å²) in [7, 11) is 1.47. The molecular formula is C25H33N3O8. The Labute approximate surface area is 209 Å². The molecule has 1 saturated heterocycles. The van der Waals surface area contributed by atoms with Gasteiger partial charge in [-0.15, -0.1) is 0 Å². The third-order valence-corrected chi connectivity index (χ3v) is 7.14. The molecule has 1 aromatic rings. The van der Waals surface area contributed by atoms with Gasteiger partial charge >= 0.3 is 12.1 Å². The van der Waals surface area contributed by atoms with Crippen LogP contribution in [0.4, 0.5) is 4.79 Å². The molecule has 0 radical (unpaired) electrons. The van der Waals surface area contributed by atoms with E-state index in [2.05, 4.69) is 0 Å². The van der Waals surface area contributed by atoms with Crippen molar-refractivity contribution in [3.8, 4) is 11.5 Å². The second-order valence-electron chi connectivity index (χ2n) is 10.6. The van der Waals surface area contributed by atoms with Gasteiger partial charge in [-0.25, -0.2) is 4.79 Å². The molecule has 3 N–H and O–H groups in total. The highest BCUT2D eigenvalue weighted by Crippen LogP contribution is 2.52. The van der Waals surface area contributed by atoms with Crippen LogP contribution >= 0.6 is 0 Å². The van der Waals surface area contributed by atoms with Gasteiger partial charge in [-0.2, -0.15) is 0 Å². The molecule has 36 heavy (non-hydrogen) atoms. The first-order valence-electron chi connectivity index (χ1n) is 12.0. The molecule has 1 atom stereocenters. The highest BCUT2D eigenvalue weighted by molar-refractivity contribution is 6.04. The van der Waals surface area contributed by atoms with Crippen molar-refractivity contribution < 1.29 is 38.5 Å². The van der Waals surface area contributed by atoms with Gasteiger partial charge in [0, 0.05) is 36.1 Å². The Bertz CT molecular complexity index is 1100. The summed E-state index contributed by atoms with van der Waals surface area (Å²) in [5.74, 6) is -1.32. The number of primary amides is 1. The van der Waals surface area contributed by atoms with Crippen molar-refractivity contribution in [2.45, 2.75) is 70.1 Å². The molecule has 0 saturated carbocycles. The van der Waals surface area contributed by atoms with E-state index in [-0.39, 0.29) is 30.9 Å². The Kier molecular flexibility index (Phi) is 6.52. The van der Waals surface area contributed by atoms with E-state index in [1.165, 1.54) is 12.0 Å². The van der Waals surface area contributed by atoms with Gasteiger partial charge in [0.1, 0.15) is 23.1 Å². The van der Waals surface area contributed by atoms with Crippen LogP contribution in [0.15, 0.2) is 6.07 Å². The van der Waals surface area contributed by atoms with Crippen molar-refractivity contribution in [1.29, 1.82) is 0 Å². The maximum atomic E-state index is 13.3. The van der Waals surface area contributed by atoms with Gasteiger partial charge in [-0.05, 0) is 46.1 Å². The predicted octanol–water partition coefficient (Wildman–Crippen LogP) is 2.03. The number of fused-ring (bicyclic) bond motifs is 4. The number of likely N-dealkylation sites (tertiary alicyclic amines) is 1. The van der Waals surface area contributed by atoms with Crippen LogP contribution in [0.3, 0.4) is 0 Å². The van der Waals surface area contributed by atoms with Gasteiger partial charge in [-0.3, -0.25) is 14.4 Å². The van der Waals surface area contributed by atoms with Gasteiger partial charge in [0.25, 0.3) is 5.91 Å². The van der Waals surface area contributed by atoms with Crippen LogP contribution in [0.1, 0.15) is 67.9 Å². The SMILES string of the molecule is COc1cc2c(c3c1C(=O)N([C@@H](CCC(=O)O)C(N)=O)C3)OCC21CCN(C(=O)OC(C)(C)C)CC1. The Morgan fingerprint density at radius 2 is 1.92 bits per heavy atom. The average Bonchev–Trinajstić information content (AvgIpc) is 3.31. The number of carbonyl (C=O) groups is 4. The molecule has 3 aliphatic heterocycles. The molecule has 4 rings (SSSR count). The summed E-state index contributed by atoms with van der Waals surface area (Å²) >= 11 is 0. The maximum absolute atomic E-state index is 13.3. The molecule has 0 aliphatic carbocycles. The normalized spacial score (nSPS) is 18.9. The van der Waals surface area contributed by atoms with Crippen LogP contribution in [-0.2, 0) is 26.3 Å². The van der Waals surface area contributed by atoms with E-state index in [9.17, 15) is 19.2 Å². The van der Waals surface area contributed by atoms with Gasteiger partial charge in [0.2, 0.25) is 5.91 Å². The lowest BCUT2D eigenvalue weighted by molar-refractivity contribution is -0.137. The molecule has 0 aromatic heterocycles. The first-order chi connectivity index (χ1) is 16.9. The number of amides is 3. The van der Waals surface area contributed by atoms with Gasteiger partial charge in [0.05, 0.1) is 25.8 Å². The Balaban J connectivity index is 1.61. The molecule has 3 heterocycles. The summed E-state index contributed by atoms with van der Waals surface area (Å²) in [6, 6.07) is 0.760. The lowest BCUT2D eigenvalue weighted by atomic mass is 9.73. The van der Waals surface area contributed by atoms with Crippen molar-refractivity contribution in [2.24, 2.45) is 5.73 Å². The standard InChI is InChI=1S/C25H33N3O8/c1-24(2,3)36-23(33)27-9-7-25(8-10-27)13-35-20-14-12-28(16(21(26)31)5-6-18(29)30)22(32)19(14)17(34-4)11-15(20)25/h11,16H,5-10,12-13H2,1-4H3,(H2,26,31)(H,29,30)/t16-/m0/s1. The summed E-state index contributed by atoms with van der Waals surface area (Å²) in [5.41, 5.74) is 6.45. The number of aliphatic carboxylic acids is 1. The summed E-state index contributed by atoms with van der Waals surface area (Å²) in [4.78, 5) is 52.1. The van der Waals surface area contributed by atoms with E-state index >= 15 is 0 Å². The van der Waals surface area contributed by atoms with E-state index in [4.69, 9.17) is 25.1 Å². The van der Waals surface area contributed by atoms with Gasteiger partial charge in [0.15, 0.2) is 0 Å².